The fourth-order valence-electron chi connectivity index (χ4n) is 6.32. The molecule has 1 saturated carbocycles. The molecule has 0 aromatic heterocycles. The maximum atomic E-state index is 13.4. The van der Waals surface area contributed by atoms with Gasteiger partial charge in [-0.25, -0.2) is 0 Å². The van der Waals surface area contributed by atoms with Crippen molar-refractivity contribution in [2.24, 2.45) is 29.4 Å². The number of ether oxygens (including phenoxy) is 3. The smallest absolute Gasteiger partial charge is 0.223 e. The van der Waals surface area contributed by atoms with Crippen LogP contribution < -0.4 is 20.5 Å². The fourth-order valence-corrected chi connectivity index (χ4v) is 6.32. The molecule has 242 valence electrons. The Morgan fingerprint density at radius 1 is 1.02 bits per heavy atom. The van der Waals surface area contributed by atoms with Gasteiger partial charge in [0, 0.05) is 38.6 Å². The van der Waals surface area contributed by atoms with Crippen LogP contribution in [0.2, 0.25) is 0 Å². The maximum absolute atomic E-state index is 13.4. The van der Waals surface area contributed by atoms with Crippen LogP contribution in [0.5, 0.6) is 11.5 Å². The van der Waals surface area contributed by atoms with E-state index in [2.05, 4.69) is 39.1 Å². The van der Waals surface area contributed by atoms with Crippen LogP contribution in [0.15, 0.2) is 18.2 Å². The lowest BCUT2D eigenvalue weighted by atomic mass is 9.78. The Bertz CT molecular complexity index is 900. The van der Waals surface area contributed by atoms with Crippen LogP contribution in [0.4, 0.5) is 0 Å². The molecule has 1 fully saturated rings. The van der Waals surface area contributed by atoms with Crippen molar-refractivity contribution in [1.82, 2.24) is 5.32 Å². The number of nitrogens with one attached hydrogen (secondary N) is 1. The van der Waals surface area contributed by atoms with Crippen LogP contribution >= 0.6 is 0 Å². The van der Waals surface area contributed by atoms with Crippen molar-refractivity contribution < 1.29 is 29.2 Å². The van der Waals surface area contributed by atoms with Crippen molar-refractivity contribution >= 4 is 5.91 Å². The topological polar surface area (TPSA) is 123 Å². The number of aliphatic hydroxyl groups excluding tert-OH is 1. The molecule has 0 heterocycles. The number of rotatable bonds is 20. The summed E-state index contributed by atoms with van der Waals surface area (Å²) in [5.74, 6) is 1.74. The second-order valence-electron chi connectivity index (χ2n) is 12.8. The van der Waals surface area contributed by atoms with E-state index < -0.39 is 17.7 Å². The van der Waals surface area contributed by atoms with E-state index in [1.54, 1.807) is 14.2 Å². The number of hydrogen-bond donors (Lipinski definition) is 4. The molecule has 4 atom stereocenters. The van der Waals surface area contributed by atoms with Gasteiger partial charge in [-0.2, -0.15) is 0 Å². The van der Waals surface area contributed by atoms with Gasteiger partial charge in [0.2, 0.25) is 5.91 Å². The monoisotopic (exact) mass is 592 g/mol. The van der Waals surface area contributed by atoms with Gasteiger partial charge in [0.15, 0.2) is 11.5 Å². The molecule has 0 radical (unpaired) electrons. The van der Waals surface area contributed by atoms with E-state index in [0.29, 0.717) is 37.7 Å². The highest BCUT2D eigenvalue weighted by Crippen LogP contribution is 2.33. The summed E-state index contributed by atoms with van der Waals surface area (Å²) in [5, 5.41) is 25.2. The van der Waals surface area contributed by atoms with Crippen molar-refractivity contribution in [3.63, 3.8) is 0 Å². The average molecular weight is 593 g/mol. The lowest BCUT2D eigenvalue weighted by molar-refractivity contribution is -0.130. The van der Waals surface area contributed by atoms with Crippen molar-refractivity contribution in [3.05, 3.63) is 23.8 Å². The van der Waals surface area contributed by atoms with Crippen LogP contribution in [0.25, 0.3) is 0 Å². The molecule has 2 rings (SSSR count). The summed E-state index contributed by atoms with van der Waals surface area (Å²) < 4.78 is 16.6. The third-order valence-corrected chi connectivity index (χ3v) is 9.31. The Morgan fingerprint density at radius 2 is 1.71 bits per heavy atom. The summed E-state index contributed by atoms with van der Waals surface area (Å²) in [4.78, 5) is 13.4. The Hall–Kier alpha value is -1.87. The second-order valence-corrected chi connectivity index (χ2v) is 12.8. The molecule has 5 N–H and O–H groups in total. The highest BCUT2D eigenvalue weighted by molar-refractivity contribution is 5.79. The number of aliphatic hydroxyl groups is 2. The van der Waals surface area contributed by atoms with Crippen LogP contribution in [0.1, 0.15) is 97.5 Å². The first-order valence-electron chi connectivity index (χ1n) is 16.3. The summed E-state index contributed by atoms with van der Waals surface area (Å²) in [5.41, 5.74) is 6.96. The molecule has 1 aliphatic rings. The third-order valence-electron chi connectivity index (χ3n) is 9.31. The standard InChI is InChI=1S/C34H60N2O6/c1-7-26(8-2)28(33(38)36-23-34(39)15-10-9-11-16-34)22-30(37)29(35)21-27(24(3)4)19-25-13-14-31(41-6)32(20-25)42-18-12-17-40-5/h13-14,20,24,26-30,37,39H,7-12,15-19,21-23,35H2,1-6H3,(H,36,38)/t27-,28-,29-,30-/m0/s1. The summed E-state index contributed by atoms with van der Waals surface area (Å²) >= 11 is 0. The van der Waals surface area contributed by atoms with Gasteiger partial charge in [0.1, 0.15) is 0 Å². The normalized spacial score (nSPS) is 18.0. The van der Waals surface area contributed by atoms with E-state index in [1.165, 1.54) is 0 Å². The van der Waals surface area contributed by atoms with Gasteiger partial charge in [0.25, 0.3) is 0 Å². The Morgan fingerprint density at radius 3 is 2.31 bits per heavy atom. The zero-order valence-corrected chi connectivity index (χ0v) is 27.2. The first-order valence-corrected chi connectivity index (χ1v) is 16.3. The van der Waals surface area contributed by atoms with Gasteiger partial charge < -0.3 is 35.5 Å². The van der Waals surface area contributed by atoms with Gasteiger partial charge in [-0.05, 0) is 67.6 Å². The van der Waals surface area contributed by atoms with Crippen molar-refractivity contribution in [3.8, 4) is 11.5 Å². The minimum Gasteiger partial charge on any atom is -0.493 e. The number of methoxy groups -OCH3 is 2. The van der Waals surface area contributed by atoms with Gasteiger partial charge in [0.05, 0.1) is 25.4 Å². The van der Waals surface area contributed by atoms with Crippen molar-refractivity contribution in [2.45, 2.75) is 116 Å². The molecule has 1 aliphatic carbocycles. The second kappa shape index (κ2) is 18.7. The first kappa shape index (κ1) is 36.3. The summed E-state index contributed by atoms with van der Waals surface area (Å²) in [6, 6.07) is 5.59. The Kier molecular flexibility index (Phi) is 16.2. The molecular weight excluding hydrogens is 532 g/mol. The largest absolute Gasteiger partial charge is 0.493 e. The molecule has 1 amide bonds. The zero-order chi connectivity index (χ0) is 31.1. The highest BCUT2D eigenvalue weighted by atomic mass is 16.5. The lowest BCUT2D eigenvalue weighted by Crippen LogP contribution is -2.48. The number of carbonyl (C=O) groups excluding carboxylic acids is 1. The fraction of sp³-hybridized carbons (Fsp3) is 0.794. The van der Waals surface area contributed by atoms with Gasteiger partial charge in [-0.1, -0.05) is 65.9 Å². The van der Waals surface area contributed by atoms with Crippen LogP contribution in [0.3, 0.4) is 0 Å². The Balaban J connectivity index is 2.06. The number of hydrogen-bond acceptors (Lipinski definition) is 7. The Labute approximate surface area is 255 Å². The minimum atomic E-state index is -0.817. The predicted octanol–water partition coefficient (Wildman–Crippen LogP) is 5.26. The molecule has 0 spiro atoms. The molecule has 0 aliphatic heterocycles. The van der Waals surface area contributed by atoms with Gasteiger partial charge in [-0.3, -0.25) is 4.79 Å². The zero-order valence-electron chi connectivity index (χ0n) is 27.2. The predicted molar refractivity (Wildman–Crippen MR) is 169 cm³/mol. The van der Waals surface area contributed by atoms with E-state index in [-0.39, 0.29) is 30.2 Å². The quantitative estimate of drug-likeness (QED) is 0.152. The highest BCUT2D eigenvalue weighted by Gasteiger charge is 2.34. The average Bonchev–Trinajstić information content (AvgIpc) is 2.98. The molecule has 8 nitrogen and oxygen atoms in total. The lowest BCUT2D eigenvalue weighted by Gasteiger charge is -2.34. The van der Waals surface area contributed by atoms with Crippen molar-refractivity contribution in [2.75, 3.05) is 34.0 Å². The van der Waals surface area contributed by atoms with Gasteiger partial charge in [-0.15, -0.1) is 0 Å². The summed E-state index contributed by atoms with van der Waals surface area (Å²) in [6.07, 6.45) is 8.03. The SMILES string of the molecule is CCC(CC)[C@H](C[C@H](O)[C@@H](N)C[C@H](Cc1ccc(OC)c(OCCCOC)c1)C(C)C)C(=O)NCC1(O)CCCCC1. The van der Waals surface area contributed by atoms with Crippen LogP contribution in [-0.4, -0.2) is 67.8 Å². The number of amides is 1. The van der Waals surface area contributed by atoms with E-state index in [1.807, 2.05) is 12.1 Å². The number of benzene rings is 1. The minimum absolute atomic E-state index is 0.0781. The molecule has 1 aromatic carbocycles. The molecule has 0 unspecified atom stereocenters. The molecular formula is C34H60N2O6. The number of nitrogens with two attached hydrogens (primary N) is 1. The van der Waals surface area contributed by atoms with E-state index in [9.17, 15) is 15.0 Å². The summed E-state index contributed by atoms with van der Waals surface area (Å²) in [6.45, 7) is 10.0. The molecule has 42 heavy (non-hydrogen) atoms. The molecule has 0 bridgehead atoms. The van der Waals surface area contributed by atoms with Crippen molar-refractivity contribution in [1.29, 1.82) is 0 Å². The third kappa shape index (κ3) is 11.7. The van der Waals surface area contributed by atoms with Gasteiger partial charge >= 0.3 is 0 Å². The molecule has 8 heteroatoms. The first-order chi connectivity index (χ1) is 20.1. The van der Waals surface area contributed by atoms with E-state index >= 15 is 0 Å². The van der Waals surface area contributed by atoms with Crippen LogP contribution in [0, 0.1) is 23.7 Å². The number of carbonyl (C=O) groups is 1. The summed E-state index contributed by atoms with van der Waals surface area (Å²) in [7, 11) is 3.32. The molecule has 1 aromatic rings. The molecule has 0 saturated heterocycles. The van der Waals surface area contributed by atoms with E-state index in [4.69, 9.17) is 19.9 Å². The van der Waals surface area contributed by atoms with E-state index in [0.717, 1.165) is 69.1 Å². The van der Waals surface area contributed by atoms with Crippen LogP contribution in [-0.2, 0) is 16.0 Å². The maximum Gasteiger partial charge on any atom is 0.223 e.